The first-order valence-electron chi connectivity index (χ1n) is 9.85. The van der Waals surface area contributed by atoms with Gasteiger partial charge in [-0.25, -0.2) is 5.84 Å². The summed E-state index contributed by atoms with van der Waals surface area (Å²) in [4.78, 5) is 0. The molecule has 1 aliphatic rings. The van der Waals surface area contributed by atoms with Gasteiger partial charge < -0.3 is 16.1 Å². The molecule has 0 aliphatic carbocycles. The molecule has 2 heterocycles. The second-order valence-electron chi connectivity index (χ2n) is 7.60. The number of fused-ring (bicyclic) bond motifs is 1. The van der Waals surface area contributed by atoms with Crippen LogP contribution in [-0.4, -0.2) is 21.3 Å². The number of allylic oxidation sites excluding steroid dienone is 1. The van der Waals surface area contributed by atoms with Crippen LogP contribution in [-0.2, 0) is 7.05 Å². The maximum Gasteiger partial charge on any atom is 0.0991 e. The molecule has 0 radical (unpaired) electrons. The molecule has 2 aromatic carbocycles. The predicted molar refractivity (Wildman–Crippen MR) is 118 cm³/mol. The van der Waals surface area contributed by atoms with Crippen molar-refractivity contribution in [2.45, 2.75) is 19.4 Å². The average Bonchev–Trinajstić information content (AvgIpc) is 3.12. The number of nitriles is 1. The Hall–Kier alpha value is -3.76. The average molecular weight is 400 g/mol. The number of nitrogens with zero attached hydrogens (tertiary/aromatic N) is 4. The number of benzene rings is 2. The van der Waals surface area contributed by atoms with Crippen LogP contribution in [0.15, 0.2) is 60.6 Å². The third-order valence-corrected chi connectivity index (χ3v) is 5.39. The van der Waals surface area contributed by atoms with Crippen molar-refractivity contribution in [3.8, 4) is 17.2 Å². The molecule has 4 rings (SSSR count). The Morgan fingerprint density at radius 3 is 2.60 bits per heavy atom. The zero-order chi connectivity index (χ0) is 21.3. The highest BCUT2D eigenvalue weighted by molar-refractivity contribution is 5.75. The molecular formula is C23H25N7. The molecule has 30 heavy (non-hydrogen) atoms. The van der Waals surface area contributed by atoms with Crippen LogP contribution in [0.3, 0.4) is 0 Å². The van der Waals surface area contributed by atoms with Crippen molar-refractivity contribution in [2.24, 2.45) is 18.6 Å². The van der Waals surface area contributed by atoms with Gasteiger partial charge in [0.05, 0.1) is 29.6 Å². The maximum atomic E-state index is 9.05. The monoisotopic (exact) mass is 399 g/mol. The van der Waals surface area contributed by atoms with Gasteiger partial charge in [0, 0.05) is 42.3 Å². The fourth-order valence-corrected chi connectivity index (χ4v) is 3.94. The van der Waals surface area contributed by atoms with E-state index in [-0.39, 0.29) is 6.04 Å². The lowest BCUT2D eigenvalue weighted by molar-refractivity contribution is 0.402. The quantitative estimate of drug-likeness (QED) is 0.583. The van der Waals surface area contributed by atoms with Crippen LogP contribution in [0.25, 0.3) is 16.8 Å². The summed E-state index contributed by atoms with van der Waals surface area (Å²) in [6.45, 7) is 2.54. The molecule has 1 aromatic heterocycles. The van der Waals surface area contributed by atoms with Gasteiger partial charge in [0.1, 0.15) is 0 Å². The van der Waals surface area contributed by atoms with Crippen molar-refractivity contribution in [3.63, 3.8) is 0 Å². The van der Waals surface area contributed by atoms with Crippen molar-refractivity contribution in [2.75, 3.05) is 11.9 Å². The number of hydrogen-bond donors (Lipinski definition) is 3. The van der Waals surface area contributed by atoms with Crippen LogP contribution >= 0.6 is 0 Å². The van der Waals surface area contributed by atoms with Crippen LogP contribution in [0.4, 0.5) is 5.69 Å². The highest BCUT2D eigenvalue weighted by Crippen LogP contribution is 2.37. The first kappa shape index (κ1) is 19.6. The molecule has 0 spiro atoms. The first-order valence-corrected chi connectivity index (χ1v) is 9.85. The largest absolute Gasteiger partial charge is 0.401 e. The molecule has 152 valence electrons. The van der Waals surface area contributed by atoms with Gasteiger partial charge >= 0.3 is 0 Å². The number of anilines is 1. The van der Waals surface area contributed by atoms with Gasteiger partial charge in [-0.15, -0.1) is 0 Å². The van der Waals surface area contributed by atoms with E-state index in [2.05, 4.69) is 34.7 Å². The molecule has 0 bridgehead atoms. The van der Waals surface area contributed by atoms with E-state index in [1.54, 1.807) is 9.69 Å². The smallest absolute Gasteiger partial charge is 0.0991 e. The SMILES string of the molecule is C/C(N)=C1\c2ccc(-c3cnn(C)c3)cc2C(Nc2ccc(C#N)cc2)CCN1N. The Morgan fingerprint density at radius 1 is 1.20 bits per heavy atom. The minimum atomic E-state index is 0.0347. The number of hydrogen-bond acceptors (Lipinski definition) is 6. The lowest BCUT2D eigenvalue weighted by Gasteiger charge is -2.22. The van der Waals surface area contributed by atoms with Gasteiger partial charge in [-0.1, -0.05) is 12.1 Å². The van der Waals surface area contributed by atoms with E-state index in [1.807, 2.05) is 50.6 Å². The van der Waals surface area contributed by atoms with Crippen molar-refractivity contribution < 1.29 is 0 Å². The highest BCUT2D eigenvalue weighted by Gasteiger charge is 2.26. The molecule has 7 nitrogen and oxygen atoms in total. The summed E-state index contributed by atoms with van der Waals surface area (Å²) in [5, 5.41) is 18.7. The number of hydrazine groups is 1. The summed E-state index contributed by atoms with van der Waals surface area (Å²) in [6.07, 6.45) is 4.67. The standard InChI is InChI=1S/C23H25N7/c1-15(25)23-20-8-5-17(18-13-27-29(2)14-18)11-21(20)22(9-10-30(23)26)28-19-6-3-16(12-24)4-7-19/h3-8,11,13-14,22,28H,9-10,25-26H2,1-2H3/b23-15-. The summed E-state index contributed by atoms with van der Waals surface area (Å²) < 4.78 is 1.80. The van der Waals surface area contributed by atoms with Crippen molar-refractivity contribution in [1.29, 1.82) is 5.26 Å². The van der Waals surface area contributed by atoms with Crippen LogP contribution in [0.1, 0.15) is 36.1 Å². The molecule has 5 N–H and O–H groups in total. The lowest BCUT2D eigenvalue weighted by atomic mass is 9.93. The maximum absolute atomic E-state index is 9.05. The summed E-state index contributed by atoms with van der Waals surface area (Å²) in [6, 6.07) is 16.0. The van der Waals surface area contributed by atoms with E-state index in [4.69, 9.17) is 16.8 Å². The number of nitrogens with two attached hydrogens (primary N) is 2. The normalized spacial score (nSPS) is 17.7. The molecule has 1 aliphatic heterocycles. The van der Waals surface area contributed by atoms with Gasteiger partial charge in [0.2, 0.25) is 0 Å². The fourth-order valence-electron chi connectivity index (χ4n) is 3.94. The highest BCUT2D eigenvalue weighted by atomic mass is 15.4. The molecule has 0 amide bonds. The Balaban J connectivity index is 1.80. The molecule has 3 aromatic rings. The Morgan fingerprint density at radius 2 is 1.97 bits per heavy atom. The van der Waals surface area contributed by atoms with Crippen molar-refractivity contribution in [1.82, 2.24) is 14.8 Å². The molecule has 7 heteroatoms. The van der Waals surface area contributed by atoms with Gasteiger partial charge in [0.15, 0.2) is 0 Å². The van der Waals surface area contributed by atoms with Crippen molar-refractivity contribution in [3.05, 3.63) is 77.2 Å². The van der Waals surface area contributed by atoms with Crippen LogP contribution < -0.4 is 16.9 Å². The van der Waals surface area contributed by atoms with Crippen LogP contribution in [0.2, 0.25) is 0 Å². The Labute approximate surface area is 176 Å². The van der Waals surface area contributed by atoms with E-state index in [1.165, 1.54) is 0 Å². The lowest BCUT2D eigenvalue weighted by Crippen LogP contribution is -2.31. The van der Waals surface area contributed by atoms with E-state index < -0.39 is 0 Å². The second kappa shape index (κ2) is 7.93. The molecule has 0 fully saturated rings. The third kappa shape index (κ3) is 3.73. The molecule has 0 saturated heterocycles. The molecule has 1 unspecified atom stereocenters. The van der Waals surface area contributed by atoms with Crippen molar-refractivity contribution >= 4 is 11.4 Å². The first-order chi connectivity index (χ1) is 14.5. The topological polar surface area (TPSA) is 109 Å². The molecule has 0 saturated carbocycles. The number of rotatable bonds is 3. The van der Waals surface area contributed by atoms with E-state index >= 15 is 0 Å². The number of aromatic nitrogens is 2. The predicted octanol–water partition coefficient (Wildman–Crippen LogP) is 3.34. The van der Waals surface area contributed by atoms with Crippen LogP contribution in [0.5, 0.6) is 0 Å². The summed E-state index contributed by atoms with van der Waals surface area (Å²) >= 11 is 0. The van der Waals surface area contributed by atoms with Crippen LogP contribution in [0, 0.1) is 11.3 Å². The second-order valence-corrected chi connectivity index (χ2v) is 7.60. The van der Waals surface area contributed by atoms with E-state index in [0.717, 1.165) is 40.1 Å². The molecule has 1 atom stereocenters. The Bertz CT molecular complexity index is 1130. The molecular weight excluding hydrogens is 374 g/mol. The summed E-state index contributed by atoms with van der Waals surface area (Å²) in [7, 11) is 1.91. The zero-order valence-electron chi connectivity index (χ0n) is 17.1. The number of nitrogens with one attached hydrogen (secondary N) is 1. The van der Waals surface area contributed by atoms with Gasteiger partial charge in [-0.2, -0.15) is 10.4 Å². The van der Waals surface area contributed by atoms with Gasteiger partial charge in [-0.05, 0) is 54.8 Å². The number of aryl methyl sites for hydroxylation is 1. The van der Waals surface area contributed by atoms with Gasteiger partial charge in [-0.3, -0.25) is 4.68 Å². The third-order valence-electron chi connectivity index (χ3n) is 5.39. The minimum Gasteiger partial charge on any atom is -0.401 e. The van der Waals surface area contributed by atoms with E-state index in [0.29, 0.717) is 17.8 Å². The summed E-state index contributed by atoms with van der Waals surface area (Å²) in [5.41, 5.74) is 13.7. The minimum absolute atomic E-state index is 0.0347. The van der Waals surface area contributed by atoms with Gasteiger partial charge in [0.25, 0.3) is 0 Å². The Kier molecular flexibility index (Phi) is 5.17. The summed E-state index contributed by atoms with van der Waals surface area (Å²) in [5.74, 6) is 6.36. The fraction of sp³-hybridized carbons (Fsp3) is 0.217. The van der Waals surface area contributed by atoms with E-state index in [9.17, 15) is 0 Å². The zero-order valence-corrected chi connectivity index (χ0v) is 17.1.